The van der Waals surface area contributed by atoms with Gasteiger partial charge in [-0.1, -0.05) is 39.7 Å². The molecule has 0 aliphatic rings. The number of anilines is 1. The molecule has 2 aromatic rings. The van der Waals surface area contributed by atoms with E-state index in [2.05, 4.69) is 21.2 Å². The fourth-order valence-corrected chi connectivity index (χ4v) is 2.44. The number of nitrogens with one attached hydrogen (secondary N) is 1. The highest BCUT2D eigenvalue weighted by molar-refractivity contribution is 9.10. The van der Waals surface area contributed by atoms with Crippen LogP contribution in [0.4, 0.5) is 5.69 Å². The van der Waals surface area contributed by atoms with Crippen LogP contribution >= 0.6 is 27.5 Å². The molecule has 0 atom stereocenters. The molecule has 0 aliphatic heterocycles. The second-order valence-corrected chi connectivity index (χ2v) is 5.64. The summed E-state index contributed by atoms with van der Waals surface area (Å²) >= 11 is 9.29. The van der Waals surface area contributed by atoms with Gasteiger partial charge >= 0.3 is 0 Å². The second kappa shape index (κ2) is 7.29. The van der Waals surface area contributed by atoms with Crippen LogP contribution in [0, 0.1) is 0 Å². The van der Waals surface area contributed by atoms with Crippen molar-refractivity contribution in [2.75, 3.05) is 11.9 Å². The standard InChI is InChI=1S/C15H12BrClN2O3/c16-9-5-6-12(11(17)7-9)19-14(20)8-22-13-4-2-1-3-10(13)15(18)21/h1-7H,8H2,(H2,18,21)(H,19,20). The number of carbonyl (C=O) groups excluding carboxylic acids is 2. The molecule has 0 aromatic heterocycles. The van der Waals surface area contributed by atoms with E-state index in [4.69, 9.17) is 22.1 Å². The normalized spacial score (nSPS) is 10.1. The van der Waals surface area contributed by atoms with Crippen molar-refractivity contribution in [2.45, 2.75) is 0 Å². The highest BCUT2D eigenvalue weighted by Crippen LogP contribution is 2.25. The Balaban J connectivity index is 2.00. The molecule has 0 heterocycles. The summed E-state index contributed by atoms with van der Waals surface area (Å²) < 4.78 is 6.14. The van der Waals surface area contributed by atoms with Crippen molar-refractivity contribution in [3.8, 4) is 5.75 Å². The Hall–Kier alpha value is -2.05. The molecule has 0 radical (unpaired) electrons. The minimum atomic E-state index is -0.619. The van der Waals surface area contributed by atoms with Crippen molar-refractivity contribution in [2.24, 2.45) is 5.73 Å². The Labute approximate surface area is 140 Å². The Morgan fingerprint density at radius 1 is 1.23 bits per heavy atom. The van der Waals surface area contributed by atoms with Crippen LogP contribution in [0.5, 0.6) is 5.75 Å². The van der Waals surface area contributed by atoms with Gasteiger partial charge in [0.1, 0.15) is 5.75 Å². The monoisotopic (exact) mass is 382 g/mol. The average Bonchev–Trinajstić information content (AvgIpc) is 2.48. The summed E-state index contributed by atoms with van der Waals surface area (Å²) in [4.78, 5) is 23.1. The molecular weight excluding hydrogens is 372 g/mol. The number of amides is 2. The molecule has 2 amide bonds. The summed E-state index contributed by atoms with van der Waals surface area (Å²) in [7, 11) is 0. The van der Waals surface area contributed by atoms with Crippen molar-refractivity contribution >= 4 is 45.0 Å². The average molecular weight is 384 g/mol. The summed E-state index contributed by atoms with van der Waals surface area (Å²) in [6, 6.07) is 11.5. The predicted molar refractivity (Wildman–Crippen MR) is 88.2 cm³/mol. The fourth-order valence-electron chi connectivity index (χ4n) is 1.72. The van der Waals surface area contributed by atoms with Gasteiger partial charge in [0.15, 0.2) is 6.61 Å². The van der Waals surface area contributed by atoms with Crippen LogP contribution < -0.4 is 15.8 Å². The van der Waals surface area contributed by atoms with Gasteiger partial charge in [-0.3, -0.25) is 9.59 Å². The minimum Gasteiger partial charge on any atom is -0.483 e. The van der Waals surface area contributed by atoms with Crippen LogP contribution in [-0.4, -0.2) is 18.4 Å². The van der Waals surface area contributed by atoms with E-state index in [1.165, 1.54) is 6.07 Å². The molecule has 2 aromatic carbocycles. The molecule has 114 valence electrons. The maximum absolute atomic E-state index is 11.9. The third kappa shape index (κ3) is 4.22. The van der Waals surface area contributed by atoms with Crippen molar-refractivity contribution in [1.29, 1.82) is 0 Å². The quantitative estimate of drug-likeness (QED) is 0.832. The molecule has 0 saturated heterocycles. The van der Waals surface area contributed by atoms with Crippen molar-refractivity contribution < 1.29 is 14.3 Å². The van der Waals surface area contributed by atoms with Crippen LogP contribution in [0.3, 0.4) is 0 Å². The van der Waals surface area contributed by atoms with E-state index < -0.39 is 11.8 Å². The molecule has 0 spiro atoms. The van der Waals surface area contributed by atoms with E-state index in [1.807, 2.05) is 0 Å². The van der Waals surface area contributed by atoms with Crippen LogP contribution in [0.15, 0.2) is 46.9 Å². The van der Waals surface area contributed by atoms with Crippen LogP contribution in [0.1, 0.15) is 10.4 Å². The number of halogens is 2. The zero-order valence-corrected chi connectivity index (χ0v) is 13.6. The van der Waals surface area contributed by atoms with Gasteiger partial charge in [0.2, 0.25) is 0 Å². The lowest BCUT2D eigenvalue weighted by atomic mass is 10.2. The number of ether oxygens (including phenoxy) is 1. The Morgan fingerprint density at radius 3 is 2.64 bits per heavy atom. The summed E-state index contributed by atoms with van der Waals surface area (Å²) in [6.07, 6.45) is 0. The van der Waals surface area contributed by atoms with E-state index in [0.29, 0.717) is 10.7 Å². The fraction of sp³-hybridized carbons (Fsp3) is 0.0667. The molecule has 0 bridgehead atoms. The number of carbonyl (C=O) groups is 2. The first-order valence-electron chi connectivity index (χ1n) is 6.24. The maximum atomic E-state index is 11.9. The lowest BCUT2D eigenvalue weighted by Gasteiger charge is -2.10. The maximum Gasteiger partial charge on any atom is 0.262 e. The molecule has 7 heteroatoms. The summed E-state index contributed by atoms with van der Waals surface area (Å²) in [5, 5.41) is 3.03. The van der Waals surface area contributed by atoms with Crippen molar-refractivity contribution in [1.82, 2.24) is 0 Å². The minimum absolute atomic E-state index is 0.219. The van der Waals surface area contributed by atoms with E-state index in [9.17, 15) is 9.59 Å². The van der Waals surface area contributed by atoms with Crippen LogP contribution in [0.25, 0.3) is 0 Å². The number of hydrogen-bond acceptors (Lipinski definition) is 3. The van der Waals surface area contributed by atoms with E-state index in [-0.39, 0.29) is 17.9 Å². The number of primary amides is 1. The van der Waals surface area contributed by atoms with Gasteiger partial charge in [0, 0.05) is 4.47 Å². The van der Waals surface area contributed by atoms with Crippen molar-refractivity contribution in [3.05, 3.63) is 57.5 Å². The lowest BCUT2D eigenvalue weighted by molar-refractivity contribution is -0.118. The Morgan fingerprint density at radius 2 is 1.95 bits per heavy atom. The van der Waals surface area contributed by atoms with E-state index >= 15 is 0 Å². The van der Waals surface area contributed by atoms with Gasteiger partial charge in [-0.25, -0.2) is 0 Å². The molecule has 5 nitrogen and oxygen atoms in total. The van der Waals surface area contributed by atoms with Crippen LogP contribution in [-0.2, 0) is 4.79 Å². The number of nitrogens with two attached hydrogens (primary N) is 1. The molecule has 2 rings (SSSR count). The van der Waals surface area contributed by atoms with Gasteiger partial charge in [0.25, 0.3) is 11.8 Å². The number of para-hydroxylation sites is 1. The summed E-state index contributed by atoms with van der Waals surface area (Å²) in [5.41, 5.74) is 5.93. The van der Waals surface area contributed by atoms with Crippen molar-refractivity contribution in [3.63, 3.8) is 0 Å². The molecule has 0 fully saturated rings. The van der Waals surface area contributed by atoms with Gasteiger partial charge in [-0.05, 0) is 30.3 Å². The third-order valence-electron chi connectivity index (χ3n) is 2.72. The summed E-state index contributed by atoms with van der Waals surface area (Å²) in [6.45, 7) is -0.267. The first kappa shape index (κ1) is 16.3. The molecule has 22 heavy (non-hydrogen) atoms. The highest BCUT2D eigenvalue weighted by Gasteiger charge is 2.11. The summed E-state index contributed by atoms with van der Waals surface area (Å²) in [5.74, 6) is -0.762. The molecule has 3 N–H and O–H groups in total. The van der Waals surface area contributed by atoms with E-state index in [0.717, 1.165) is 4.47 Å². The number of hydrogen-bond donors (Lipinski definition) is 2. The van der Waals surface area contributed by atoms with Gasteiger partial charge < -0.3 is 15.8 Å². The predicted octanol–water partition coefficient (Wildman–Crippen LogP) is 3.22. The third-order valence-corrected chi connectivity index (χ3v) is 3.52. The Kier molecular flexibility index (Phi) is 5.41. The molecule has 0 unspecified atom stereocenters. The smallest absolute Gasteiger partial charge is 0.262 e. The van der Waals surface area contributed by atoms with Gasteiger partial charge in [0.05, 0.1) is 16.3 Å². The zero-order chi connectivity index (χ0) is 16.1. The number of benzene rings is 2. The lowest BCUT2D eigenvalue weighted by Crippen LogP contribution is -2.21. The van der Waals surface area contributed by atoms with E-state index in [1.54, 1.807) is 36.4 Å². The Bertz CT molecular complexity index is 722. The first-order valence-corrected chi connectivity index (χ1v) is 7.41. The van der Waals surface area contributed by atoms with Gasteiger partial charge in [-0.15, -0.1) is 0 Å². The topological polar surface area (TPSA) is 81.4 Å². The largest absolute Gasteiger partial charge is 0.483 e. The second-order valence-electron chi connectivity index (χ2n) is 4.32. The van der Waals surface area contributed by atoms with Gasteiger partial charge in [-0.2, -0.15) is 0 Å². The first-order chi connectivity index (χ1) is 10.5. The highest BCUT2D eigenvalue weighted by atomic mass is 79.9. The SMILES string of the molecule is NC(=O)c1ccccc1OCC(=O)Nc1ccc(Br)cc1Cl. The zero-order valence-electron chi connectivity index (χ0n) is 11.3. The number of rotatable bonds is 5. The van der Waals surface area contributed by atoms with Crippen LogP contribution in [0.2, 0.25) is 5.02 Å². The molecular formula is C15H12BrClN2O3. The molecule has 0 saturated carbocycles. The molecule has 0 aliphatic carbocycles.